The smallest absolute Gasteiger partial charge is 0.308 e. The molecule has 0 aliphatic carbocycles. The molecule has 6 nitrogen and oxygen atoms in total. The number of sulfonamides is 1. The molecule has 0 saturated carbocycles. The van der Waals surface area contributed by atoms with Gasteiger partial charge < -0.3 is 4.57 Å². The number of benzene rings is 1. The van der Waals surface area contributed by atoms with Crippen LogP contribution in [-0.4, -0.2) is 29.4 Å². The Balaban J connectivity index is 2.28. The fourth-order valence-corrected chi connectivity index (χ4v) is 3.56. The lowest BCUT2D eigenvalue weighted by atomic mass is 10.2. The first kappa shape index (κ1) is 17.8. The summed E-state index contributed by atoms with van der Waals surface area (Å²) in [7, 11) is -2.71. The topological polar surface area (TPSA) is 76.9 Å². The monoisotopic (exact) mass is 366 g/mol. The Hall–Kier alpha value is -1.59. The highest BCUT2D eigenvalue weighted by Crippen LogP contribution is 2.33. The lowest BCUT2D eigenvalue weighted by molar-refractivity contribution is -0.139. The van der Waals surface area contributed by atoms with E-state index in [2.05, 4.69) is 14.9 Å². The fourth-order valence-electron chi connectivity index (χ4n) is 1.85. The summed E-state index contributed by atoms with van der Waals surface area (Å²) in [6.07, 6.45) is -2.99. The number of hydrogen-bond acceptors (Lipinski definition) is 5. The molecule has 1 N–H and O–H groups in total. The van der Waals surface area contributed by atoms with Gasteiger partial charge in [0.15, 0.2) is 5.16 Å². The molecule has 0 unspecified atom stereocenters. The quantitative estimate of drug-likeness (QED) is 0.820. The van der Waals surface area contributed by atoms with Gasteiger partial charge in [0.25, 0.3) is 0 Å². The van der Waals surface area contributed by atoms with Crippen LogP contribution in [0, 0.1) is 0 Å². The lowest BCUT2D eigenvalue weighted by Crippen LogP contribution is -2.27. The summed E-state index contributed by atoms with van der Waals surface area (Å²) in [6, 6.07) is 4.01. The molecule has 0 amide bonds. The Bertz CT molecular complexity index is 803. The van der Waals surface area contributed by atoms with Crippen molar-refractivity contribution >= 4 is 21.8 Å². The third-order valence-electron chi connectivity index (χ3n) is 3.01. The average Bonchev–Trinajstić information content (AvgIpc) is 2.85. The number of hydrogen-bond donors (Lipinski definition) is 1. The van der Waals surface area contributed by atoms with E-state index in [1.807, 2.05) is 0 Å². The number of halogens is 3. The molecular weight excluding hydrogens is 353 g/mol. The summed E-state index contributed by atoms with van der Waals surface area (Å²) in [4.78, 5) is -0.820. The van der Waals surface area contributed by atoms with Crippen LogP contribution >= 0.6 is 11.8 Å². The SMILES string of the molecule is CSc1nnc(CNS(=O)(=O)c2ccccc2C(F)(F)F)n1C. The molecule has 23 heavy (non-hydrogen) atoms. The van der Waals surface area contributed by atoms with Gasteiger partial charge in [0, 0.05) is 7.05 Å². The van der Waals surface area contributed by atoms with Crippen molar-refractivity contribution in [2.75, 3.05) is 6.26 Å². The van der Waals surface area contributed by atoms with Gasteiger partial charge in [-0.3, -0.25) is 0 Å². The molecular formula is C12H13F3N4O2S2. The Kier molecular flexibility index (Phi) is 5.01. The second kappa shape index (κ2) is 6.49. The number of alkyl halides is 3. The van der Waals surface area contributed by atoms with E-state index in [0.29, 0.717) is 11.0 Å². The molecule has 1 aromatic carbocycles. The highest BCUT2D eigenvalue weighted by Gasteiger charge is 2.36. The molecule has 1 aromatic heterocycles. The first-order valence-corrected chi connectivity index (χ1v) is 8.95. The summed E-state index contributed by atoms with van der Waals surface area (Å²) in [5.74, 6) is 0.294. The van der Waals surface area contributed by atoms with Crippen LogP contribution in [-0.2, 0) is 29.8 Å². The van der Waals surface area contributed by atoms with Crippen molar-refractivity contribution in [1.29, 1.82) is 0 Å². The van der Waals surface area contributed by atoms with Crippen LogP contribution in [0.4, 0.5) is 13.2 Å². The van der Waals surface area contributed by atoms with Gasteiger partial charge in [-0.05, 0) is 18.4 Å². The van der Waals surface area contributed by atoms with Crippen molar-refractivity contribution in [3.63, 3.8) is 0 Å². The van der Waals surface area contributed by atoms with Crippen LogP contribution in [0.2, 0.25) is 0 Å². The standard InChI is InChI=1S/C12H13F3N4O2S2/c1-19-10(17-18-11(19)22-2)7-16-23(20,21)9-6-4-3-5-8(9)12(13,14)15/h3-6,16H,7H2,1-2H3. The maximum absolute atomic E-state index is 12.9. The number of nitrogens with zero attached hydrogens (tertiary/aromatic N) is 3. The van der Waals surface area contributed by atoms with E-state index < -0.39 is 26.7 Å². The zero-order valence-corrected chi connectivity index (χ0v) is 13.8. The van der Waals surface area contributed by atoms with E-state index in [-0.39, 0.29) is 6.54 Å². The molecule has 0 saturated heterocycles. The zero-order valence-electron chi connectivity index (χ0n) is 12.1. The van der Waals surface area contributed by atoms with E-state index in [4.69, 9.17) is 0 Å². The first-order valence-electron chi connectivity index (χ1n) is 6.25. The maximum Gasteiger partial charge on any atom is 0.417 e. The molecule has 0 atom stereocenters. The highest BCUT2D eigenvalue weighted by atomic mass is 32.2. The summed E-state index contributed by atoms with van der Waals surface area (Å²) >= 11 is 1.32. The highest BCUT2D eigenvalue weighted by molar-refractivity contribution is 7.98. The van der Waals surface area contributed by atoms with E-state index in [1.54, 1.807) is 17.9 Å². The summed E-state index contributed by atoms with van der Waals surface area (Å²) in [5.41, 5.74) is -1.21. The Morgan fingerprint density at radius 2 is 1.91 bits per heavy atom. The van der Waals surface area contributed by atoms with Crippen molar-refractivity contribution in [2.24, 2.45) is 7.05 Å². The number of rotatable bonds is 5. The van der Waals surface area contributed by atoms with Gasteiger partial charge in [0.1, 0.15) is 5.82 Å². The zero-order chi connectivity index (χ0) is 17.3. The van der Waals surface area contributed by atoms with Gasteiger partial charge in [-0.15, -0.1) is 10.2 Å². The summed E-state index contributed by atoms with van der Waals surface area (Å²) in [5, 5.41) is 8.19. The van der Waals surface area contributed by atoms with Crippen LogP contribution in [0.3, 0.4) is 0 Å². The van der Waals surface area contributed by atoms with Crippen molar-refractivity contribution in [3.8, 4) is 0 Å². The largest absolute Gasteiger partial charge is 0.417 e. The van der Waals surface area contributed by atoms with Gasteiger partial charge in [0.2, 0.25) is 10.0 Å². The van der Waals surface area contributed by atoms with E-state index >= 15 is 0 Å². The lowest BCUT2D eigenvalue weighted by Gasteiger charge is -2.13. The van der Waals surface area contributed by atoms with Gasteiger partial charge in [-0.25, -0.2) is 13.1 Å². The third kappa shape index (κ3) is 3.85. The van der Waals surface area contributed by atoms with Crippen LogP contribution in [0.15, 0.2) is 34.3 Å². The molecule has 2 aromatic rings. The van der Waals surface area contributed by atoms with Crippen molar-refractivity contribution < 1.29 is 21.6 Å². The Labute approximate surface area is 135 Å². The van der Waals surface area contributed by atoms with Gasteiger partial charge >= 0.3 is 6.18 Å². The molecule has 0 bridgehead atoms. The first-order chi connectivity index (χ1) is 10.7. The van der Waals surface area contributed by atoms with Crippen LogP contribution in [0.5, 0.6) is 0 Å². The normalized spacial score (nSPS) is 12.6. The Morgan fingerprint density at radius 3 is 2.48 bits per heavy atom. The molecule has 0 spiro atoms. The molecule has 0 radical (unpaired) electrons. The predicted molar refractivity (Wildman–Crippen MR) is 78.3 cm³/mol. The van der Waals surface area contributed by atoms with E-state index in [9.17, 15) is 21.6 Å². The molecule has 1 heterocycles. The minimum atomic E-state index is -4.76. The van der Waals surface area contributed by atoms with Gasteiger partial charge in [-0.2, -0.15) is 13.2 Å². The van der Waals surface area contributed by atoms with Crippen molar-refractivity contribution in [3.05, 3.63) is 35.7 Å². The number of thioether (sulfide) groups is 1. The molecule has 0 aliphatic rings. The van der Waals surface area contributed by atoms with Gasteiger partial charge in [-0.1, -0.05) is 23.9 Å². The molecule has 2 rings (SSSR count). The number of nitrogens with one attached hydrogen (secondary N) is 1. The number of aromatic nitrogens is 3. The van der Waals surface area contributed by atoms with Crippen LogP contribution in [0.25, 0.3) is 0 Å². The minimum Gasteiger partial charge on any atom is -0.308 e. The second-order valence-electron chi connectivity index (χ2n) is 4.48. The summed E-state index contributed by atoms with van der Waals surface area (Å²) in [6.45, 7) is -0.265. The molecule has 11 heteroatoms. The molecule has 0 aliphatic heterocycles. The maximum atomic E-state index is 12.9. The van der Waals surface area contributed by atoms with Crippen LogP contribution < -0.4 is 4.72 Å². The third-order valence-corrected chi connectivity index (χ3v) is 5.19. The van der Waals surface area contributed by atoms with E-state index in [1.165, 1.54) is 17.8 Å². The summed E-state index contributed by atoms with van der Waals surface area (Å²) < 4.78 is 66.9. The second-order valence-corrected chi connectivity index (χ2v) is 6.99. The van der Waals surface area contributed by atoms with Crippen molar-refractivity contribution in [2.45, 2.75) is 22.8 Å². The fraction of sp³-hybridized carbons (Fsp3) is 0.333. The van der Waals surface area contributed by atoms with Gasteiger partial charge in [0.05, 0.1) is 17.0 Å². The minimum absolute atomic E-state index is 0.265. The molecule has 0 fully saturated rings. The van der Waals surface area contributed by atoms with Crippen LogP contribution in [0.1, 0.15) is 11.4 Å². The molecule has 126 valence electrons. The average molecular weight is 366 g/mol. The predicted octanol–water partition coefficient (Wildman–Crippen LogP) is 2.03. The van der Waals surface area contributed by atoms with Crippen molar-refractivity contribution in [1.82, 2.24) is 19.5 Å². The van der Waals surface area contributed by atoms with E-state index in [0.717, 1.165) is 18.2 Å². The Morgan fingerprint density at radius 1 is 1.26 bits per heavy atom.